The van der Waals surface area contributed by atoms with Gasteiger partial charge in [-0.2, -0.15) is 0 Å². The molecule has 0 atom stereocenters. The SMILES string of the molecule is C=C(OC)/C(C)=C(/OC(=C)c1cc(C(C)(C)C)cc(C(C)(C)CC)c1)C1CC1. The monoisotopic (exact) mass is 382 g/mol. The first kappa shape index (κ1) is 22.3. The van der Waals surface area contributed by atoms with Gasteiger partial charge in [-0.25, -0.2) is 0 Å². The molecule has 0 amide bonds. The van der Waals surface area contributed by atoms with Gasteiger partial charge < -0.3 is 9.47 Å². The molecule has 1 aromatic rings. The van der Waals surface area contributed by atoms with Crippen LogP contribution in [0, 0.1) is 5.92 Å². The zero-order chi connectivity index (χ0) is 21.3. The summed E-state index contributed by atoms with van der Waals surface area (Å²) in [5.41, 5.74) is 4.83. The lowest BCUT2D eigenvalue weighted by Crippen LogP contribution is -2.19. The molecule has 0 unspecified atom stereocenters. The van der Waals surface area contributed by atoms with Crippen molar-refractivity contribution in [1.29, 1.82) is 0 Å². The van der Waals surface area contributed by atoms with E-state index in [9.17, 15) is 0 Å². The third-order valence-corrected chi connectivity index (χ3v) is 6.00. The minimum absolute atomic E-state index is 0.0598. The Kier molecular flexibility index (Phi) is 6.53. The molecule has 0 spiro atoms. The van der Waals surface area contributed by atoms with Gasteiger partial charge in [0.05, 0.1) is 7.11 Å². The summed E-state index contributed by atoms with van der Waals surface area (Å²) in [6, 6.07) is 6.81. The van der Waals surface area contributed by atoms with Crippen LogP contribution in [0.5, 0.6) is 0 Å². The Morgan fingerprint density at radius 1 is 1.04 bits per heavy atom. The van der Waals surface area contributed by atoms with Crippen molar-refractivity contribution < 1.29 is 9.47 Å². The summed E-state index contributed by atoms with van der Waals surface area (Å²) in [5, 5.41) is 0. The predicted octanol–water partition coefficient (Wildman–Crippen LogP) is 7.50. The molecule has 0 heterocycles. The summed E-state index contributed by atoms with van der Waals surface area (Å²) < 4.78 is 11.7. The number of hydrogen-bond acceptors (Lipinski definition) is 2. The zero-order valence-corrected chi connectivity index (χ0v) is 19.2. The predicted molar refractivity (Wildman–Crippen MR) is 120 cm³/mol. The molecule has 0 aromatic heterocycles. The van der Waals surface area contributed by atoms with Crippen molar-refractivity contribution >= 4 is 5.76 Å². The van der Waals surface area contributed by atoms with Gasteiger partial charge in [-0.1, -0.05) is 60.8 Å². The number of hydrogen-bond donors (Lipinski definition) is 0. The van der Waals surface area contributed by atoms with E-state index in [0.29, 0.717) is 17.4 Å². The number of ether oxygens (including phenoxy) is 2. The van der Waals surface area contributed by atoms with Crippen LogP contribution in [0.25, 0.3) is 5.76 Å². The average Bonchev–Trinajstić information content (AvgIpc) is 3.48. The van der Waals surface area contributed by atoms with Crippen molar-refractivity contribution in [3.8, 4) is 0 Å². The van der Waals surface area contributed by atoms with Crippen LogP contribution in [0.3, 0.4) is 0 Å². The van der Waals surface area contributed by atoms with Gasteiger partial charge in [0.15, 0.2) is 0 Å². The molecule has 0 aliphatic heterocycles. The Bertz CT molecular complexity index is 783. The topological polar surface area (TPSA) is 18.5 Å². The number of allylic oxidation sites excluding steroid dienone is 2. The summed E-state index contributed by atoms with van der Waals surface area (Å²) in [6.07, 6.45) is 3.37. The molecule has 1 aliphatic carbocycles. The summed E-state index contributed by atoms with van der Waals surface area (Å²) in [7, 11) is 1.65. The fourth-order valence-electron chi connectivity index (χ4n) is 3.11. The van der Waals surface area contributed by atoms with Gasteiger partial charge >= 0.3 is 0 Å². The first-order valence-corrected chi connectivity index (χ1v) is 10.4. The molecule has 1 saturated carbocycles. The molecule has 2 rings (SSSR count). The highest BCUT2D eigenvalue weighted by Gasteiger charge is 2.31. The summed E-state index contributed by atoms with van der Waals surface area (Å²) >= 11 is 0. The first-order valence-electron chi connectivity index (χ1n) is 10.4. The molecule has 2 nitrogen and oxygen atoms in total. The maximum atomic E-state index is 6.36. The van der Waals surface area contributed by atoms with Crippen LogP contribution in [0.1, 0.15) is 84.4 Å². The third-order valence-electron chi connectivity index (χ3n) is 6.00. The van der Waals surface area contributed by atoms with Gasteiger partial charge in [-0.05, 0) is 60.3 Å². The lowest BCUT2D eigenvalue weighted by molar-refractivity contribution is 0.289. The van der Waals surface area contributed by atoms with Gasteiger partial charge in [0.1, 0.15) is 17.3 Å². The average molecular weight is 383 g/mol. The van der Waals surface area contributed by atoms with E-state index in [0.717, 1.165) is 36.2 Å². The zero-order valence-electron chi connectivity index (χ0n) is 19.2. The molecule has 28 heavy (non-hydrogen) atoms. The van der Waals surface area contributed by atoms with E-state index < -0.39 is 0 Å². The Hall–Kier alpha value is -1.96. The normalized spacial score (nSPS) is 15.7. The van der Waals surface area contributed by atoms with E-state index in [4.69, 9.17) is 9.47 Å². The second-order valence-corrected chi connectivity index (χ2v) is 9.70. The molecular formula is C26H38O2. The van der Waals surface area contributed by atoms with E-state index in [2.05, 4.69) is 72.9 Å². The molecule has 2 heteroatoms. The quantitative estimate of drug-likeness (QED) is 0.342. The molecule has 1 fully saturated rings. The van der Waals surface area contributed by atoms with Gasteiger partial charge in [0.25, 0.3) is 0 Å². The fourth-order valence-corrected chi connectivity index (χ4v) is 3.11. The van der Waals surface area contributed by atoms with Gasteiger partial charge in [0, 0.05) is 17.1 Å². The van der Waals surface area contributed by atoms with Crippen LogP contribution in [-0.4, -0.2) is 7.11 Å². The Balaban J connectivity index is 2.46. The standard InChI is InChI=1S/C26H38O2/c1-11-26(8,9)23-15-21(14-22(16-23)25(5,6)7)19(4)28-24(20-12-13-20)17(2)18(3)27-10/h14-16,20H,3-4,11-13H2,1-2,5-10H3/b24-17+. The maximum absolute atomic E-state index is 6.36. The van der Waals surface area contributed by atoms with Crippen LogP contribution >= 0.6 is 0 Å². The molecular weight excluding hydrogens is 344 g/mol. The van der Waals surface area contributed by atoms with Crippen molar-refractivity contribution in [2.45, 2.75) is 78.6 Å². The maximum Gasteiger partial charge on any atom is 0.127 e. The highest BCUT2D eigenvalue weighted by molar-refractivity contribution is 5.61. The van der Waals surface area contributed by atoms with E-state index in [-0.39, 0.29) is 10.8 Å². The molecule has 0 saturated heterocycles. The van der Waals surface area contributed by atoms with E-state index in [1.165, 1.54) is 11.1 Å². The second kappa shape index (κ2) is 8.19. The first-order chi connectivity index (χ1) is 12.9. The Morgan fingerprint density at radius 2 is 1.61 bits per heavy atom. The van der Waals surface area contributed by atoms with Gasteiger partial charge in [-0.15, -0.1) is 0 Å². The Labute approximate surface area is 172 Å². The molecule has 1 aliphatic rings. The molecule has 0 bridgehead atoms. The summed E-state index contributed by atoms with van der Waals surface area (Å²) in [6.45, 7) is 23.9. The highest BCUT2D eigenvalue weighted by Crippen LogP contribution is 2.42. The van der Waals surface area contributed by atoms with E-state index in [1.54, 1.807) is 7.11 Å². The lowest BCUT2D eigenvalue weighted by atomic mass is 9.77. The molecule has 0 N–H and O–H groups in total. The van der Waals surface area contributed by atoms with E-state index in [1.807, 2.05) is 6.92 Å². The van der Waals surface area contributed by atoms with Gasteiger partial charge in [-0.3, -0.25) is 0 Å². The number of methoxy groups -OCH3 is 1. The molecule has 0 radical (unpaired) electrons. The smallest absolute Gasteiger partial charge is 0.127 e. The summed E-state index contributed by atoms with van der Waals surface area (Å²) in [5.74, 6) is 2.76. The minimum Gasteiger partial charge on any atom is -0.497 e. The number of rotatable bonds is 8. The lowest BCUT2D eigenvalue weighted by Gasteiger charge is -2.28. The summed E-state index contributed by atoms with van der Waals surface area (Å²) in [4.78, 5) is 0. The number of benzene rings is 1. The second-order valence-electron chi connectivity index (χ2n) is 9.70. The van der Waals surface area contributed by atoms with Crippen LogP contribution < -0.4 is 0 Å². The third kappa shape index (κ3) is 5.10. The molecule has 1 aromatic carbocycles. The van der Waals surface area contributed by atoms with Crippen LogP contribution in [0.15, 0.2) is 48.4 Å². The van der Waals surface area contributed by atoms with Crippen molar-refractivity contribution in [3.05, 3.63) is 65.1 Å². The van der Waals surface area contributed by atoms with Crippen LogP contribution in [0.2, 0.25) is 0 Å². The van der Waals surface area contributed by atoms with Crippen molar-refractivity contribution in [1.82, 2.24) is 0 Å². The van der Waals surface area contributed by atoms with Crippen LogP contribution in [0.4, 0.5) is 0 Å². The highest BCUT2D eigenvalue weighted by atomic mass is 16.5. The molecule has 154 valence electrons. The minimum atomic E-state index is 0.0598. The van der Waals surface area contributed by atoms with Crippen LogP contribution in [-0.2, 0) is 20.3 Å². The van der Waals surface area contributed by atoms with Crippen molar-refractivity contribution in [3.63, 3.8) is 0 Å². The van der Waals surface area contributed by atoms with Crippen molar-refractivity contribution in [2.24, 2.45) is 5.92 Å². The van der Waals surface area contributed by atoms with E-state index >= 15 is 0 Å². The fraction of sp³-hybridized carbons (Fsp3) is 0.538. The van der Waals surface area contributed by atoms with Crippen molar-refractivity contribution in [2.75, 3.05) is 7.11 Å². The van der Waals surface area contributed by atoms with Gasteiger partial charge in [0.2, 0.25) is 0 Å². The largest absolute Gasteiger partial charge is 0.497 e. The Morgan fingerprint density at radius 3 is 2.07 bits per heavy atom.